The lowest BCUT2D eigenvalue weighted by Gasteiger charge is -2.16. The lowest BCUT2D eigenvalue weighted by molar-refractivity contribution is -0.117. The van der Waals surface area contributed by atoms with Gasteiger partial charge in [0, 0.05) is 12.0 Å². The van der Waals surface area contributed by atoms with Gasteiger partial charge in [0.1, 0.15) is 6.29 Å². The fourth-order valence-corrected chi connectivity index (χ4v) is 0.616. The molecule has 0 N–H and O–H groups in total. The molecule has 0 aromatic carbocycles. The minimum absolute atomic E-state index is 0.312. The molecule has 0 fully saturated rings. The molecule has 0 rings (SSSR count). The average Bonchev–Trinajstić information content (AvgIpc) is 1.99. The number of hydrogen-bond donors (Lipinski definition) is 0. The Morgan fingerprint density at radius 2 is 2.09 bits per heavy atom. The Morgan fingerprint density at radius 1 is 1.45 bits per heavy atom. The topological polar surface area (TPSA) is 26.3 Å². The van der Waals surface area contributed by atoms with Crippen LogP contribution < -0.4 is 0 Å². The number of carbonyl (C=O) groups excluding carboxylic acids is 1. The standard InChI is InChI=1S/C9H18O2/c1-4-5-6-11-8-9(2,3)7-10/h7H,4-6,8H2,1-3H3. The van der Waals surface area contributed by atoms with Gasteiger partial charge >= 0.3 is 0 Å². The zero-order valence-corrected chi connectivity index (χ0v) is 7.72. The Hall–Kier alpha value is -0.370. The first-order valence-electron chi connectivity index (χ1n) is 4.16. The largest absolute Gasteiger partial charge is 0.380 e. The van der Waals surface area contributed by atoms with Gasteiger partial charge in [-0.1, -0.05) is 27.2 Å². The van der Waals surface area contributed by atoms with E-state index in [0.29, 0.717) is 6.61 Å². The van der Waals surface area contributed by atoms with Crippen molar-refractivity contribution in [1.29, 1.82) is 0 Å². The van der Waals surface area contributed by atoms with Crippen molar-refractivity contribution in [3.63, 3.8) is 0 Å². The van der Waals surface area contributed by atoms with Gasteiger partial charge in [0.25, 0.3) is 0 Å². The monoisotopic (exact) mass is 158 g/mol. The van der Waals surface area contributed by atoms with Crippen molar-refractivity contribution >= 4 is 6.29 Å². The number of hydrogen-bond acceptors (Lipinski definition) is 2. The first-order chi connectivity index (χ1) is 5.12. The van der Waals surface area contributed by atoms with Gasteiger partial charge in [-0.25, -0.2) is 0 Å². The van der Waals surface area contributed by atoms with Crippen molar-refractivity contribution in [2.75, 3.05) is 13.2 Å². The lowest BCUT2D eigenvalue weighted by atomic mass is 9.98. The Kier molecular flexibility index (Phi) is 5.12. The third kappa shape index (κ3) is 6.05. The van der Waals surface area contributed by atoms with E-state index in [0.717, 1.165) is 25.7 Å². The van der Waals surface area contributed by atoms with Crippen LogP contribution in [-0.4, -0.2) is 19.5 Å². The predicted octanol–water partition coefficient (Wildman–Crippen LogP) is 2.03. The van der Waals surface area contributed by atoms with Crippen LogP contribution in [0.1, 0.15) is 33.6 Å². The molecule has 0 aromatic rings. The van der Waals surface area contributed by atoms with Gasteiger partial charge in [0.15, 0.2) is 0 Å². The van der Waals surface area contributed by atoms with Crippen LogP contribution in [0, 0.1) is 5.41 Å². The highest BCUT2D eigenvalue weighted by molar-refractivity contribution is 5.57. The molecule has 0 aromatic heterocycles. The van der Waals surface area contributed by atoms with Gasteiger partial charge in [0.2, 0.25) is 0 Å². The summed E-state index contributed by atoms with van der Waals surface area (Å²) < 4.78 is 5.30. The lowest BCUT2D eigenvalue weighted by Crippen LogP contribution is -2.20. The number of aldehydes is 1. The molecule has 0 unspecified atom stereocenters. The molecule has 0 saturated carbocycles. The second-order valence-electron chi connectivity index (χ2n) is 3.51. The predicted molar refractivity (Wildman–Crippen MR) is 45.6 cm³/mol. The maximum absolute atomic E-state index is 10.4. The van der Waals surface area contributed by atoms with Crippen LogP contribution in [0.15, 0.2) is 0 Å². The van der Waals surface area contributed by atoms with E-state index < -0.39 is 0 Å². The van der Waals surface area contributed by atoms with E-state index in [4.69, 9.17) is 4.74 Å². The normalized spacial score (nSPS) is 11.5. The van der Waals surface area contributed by atoms with E-state index in [1.165, 1.54) is 0 Å². The summed E-state index contributed by atoms with van der Waals surface area (Å²) in [4.78, 5) is 10.4. The summed E-state index contributed by atoms with van der Waals surface area (Å²) in [6.07, 6.45) is 3.16. The van der Waals surface area contributed by atoms with Crippen LogP contribution in [0.3, 0.4) is 0 Å². The number of rotatable bonds is 6. The van der Waals surface area contributed by atoms with Gasteiger partial charge in [-0.3, -0.25) is 0 Å². The summed E-state index contributed by atoms with van der Waals surface area (Å²) in [5.41, 5.74) is -0.312. The minimum Gasteiger partial charge on any atom is -0.380 e. The number of unbranched alkanes of at least 4 members (excludes halogenated alkanes) is 1. The molecule has 0 amide bonds. The maximum atomic E-state index is 10.4. The average molecular weight is 158 g/mol. The van der Waals surface area contributed by atoms with E-state index >= 15 is 0 Å². The van der Waals surface area contributed by atoms with E-state index in [-0.39, 0.29) is 5.41 Å². The fourth-order valence-electron chi connectivity index (χ4n) is 0.616. The van der Waals surface area contributed by atoms with Crippen LogP contribution in [0.5, 0.6) is 0 Å². The van der Waals surface area contributed by atoms with Crippen LogP contribution in [-0.2, 0) is 9.53 Å². The zero-order valence-electron chi connectivity index (χ0n) is 7.72. The van der Waals surface area contributed by atoms with Gasteiger partial charge in [0.05, 0.1) is 6.61 Å². The third-order valence-electron chi connectivity index (χ3n) is 1.44. The molecule has 0 spiro atoms. The van der Waals surface area contributed by atoms with Gasteiger partial charge in [-0.05, 0) is 6.42 Å². The first kappa shape index (κ1) is 10.6. The highest BCUT2D eigenvalue weighted by Crippen LogP contribution is 2.10. The molecule has 11 heavy (non-hydrogen) atoms. The van der Waals surface area contributed by atoms with Crippen LogP contribution in [0.2, 0.25) is 0 Å². The Bertz CT molecular complexity index is 108. The molecule has 0 aliphatic rings. The smallest absolute Gasteiger partial charge is 0.127 e. The third-order valence-corrected chi connectivity index (χ3v) is 1.44. The minimum atomic E-state index is -0.312. The summed E-state index contributed by atoms with van der Waals surface area (Å²) in [6, 6.07) is 0. The molecular formula is C9H18O2. The molecule has 0 aliphatic heterocycles. The quantitative estimate of drug-likeness (QED) is 0.436. The molecule has 2 heteroatoms. The van der Waals surface area contributed by atoms with E-state index in [1.807, 2.05) is 13.8 Å². The molecule has 2 nitrogen and oxygen atoms in total. The van der Waals surface area contributed by atoms with Crippen LogP contribution in [0.4, 0.5) is 0 Å². The maximum Gasteiger partial charge on any atom is 0.127 e. The second kappa shape index (κ2) is 5.30. The molecule has 0 bridgehead atoms. The zero-order chi connectivity index (χ0) is 8.74. The molecule has 0 saturated heterocycles. The van der Waals surface area contributed by atoms with Gasteiger partial charge in [-0.2, -0.15) is 0 Å². The molecular weight excluding hydrogens is 140 g/mol. The summed E-state index contributed by atoms with van der Waals surface area (Å²) in [6.45, 7) is 7.19. The SMILES string of the molecule is CCCCOCC(C)(C)C=O. The van der Waals surface area contributed by atoms with E-state index in [9.17, 15) is 4.79 Å². The van der Waals surface area contributed by atoms with Crippen molar-refractivity contribution in [3.05, 3.63) is 0 Å². The highest BCUT2D eigenvalue weighted by Gasteiger charge is 2.15. The summed E-state index contributed by atoms with van der Waals surface area (Å²) >= 11 is 0. The van der Waals surface area contributed by atoms with Crippen molar-refractivity contribution in [2.45, 2.75) is 33.6 Å². The molecule has 0 heterocycles. The molecule has 0 aliphatic carbocycles. The molecule has 66 valence electrons. The second-order valence-corrected chi connectivity index (χ2v) is 3.51. The first-order valence-corrected chi connectivity index (χ1v) is 4.16. The number of ether oxygens (including phenoxy) is 1. The number of carbonyl (C=O) groups is 1. The summed E-state index contributed by atoms with van der Waals surface area (Å²) in [5, 5.41) is 0. The summed E-state index contributed by atoms with van der Waals surface area (Å²) in [5.74, 6) is 0. The molecule has 0 atom stereocenters. The van der Waals surface area contributed by atoms with E-state index in [2.05, 4.69) is 6.92 Å². The van der Waals surface area contributed by atoms with Crippen molar-refractivity contribution in [2.24, 2.45) is 5.41 Å². The Labute approximate surface area is 68.9 Å². The van der Waals surface area contributed by atoms with Crippen molar-refractivity contribution < 1.29 is 9.53 Å². The fraction of sp³-hybridized carbons (Fsp3) is 0.889. The summed E-state index contributed by atoms with van der Waals surface area (Å²) in [7, 11) is 0. The highest BCUT2D eigenvalue weighted by atomic mass is 16.5. The van der Waals surface area contributed by atoms with E-state index in [1.54, 1.807) is 0 Å². The Balaban J connectivity index is 3.30. The molecule has 0 radical (unpaired) electrons. The van der Waals surface area contributed by atoms with Gasteiger partial charge < -0.3 is 9.53 Å². The van der Waals surface area contributed by atoms with Crippen molar-refractivity contribution in [1.82, 2.24) is 0 Å². The van der Waals surface area contributed by atoms with Gasteiger partial charge in [-0.15, -0.1) is 0 Å². The van der Waals surface area contributed by atoms with Crippen LogP contribution in [0.25, 0.3) is 0 Å². The van der Waals surface area contributed by atoms with Crippen LogP contribution >= 0.6 is 0 Å². The van der Waals surface area contributed by atoms with Crippen molar-refractivity contribution in [3.8, 4) is 0 Å². The Morgan fingerprint density at radius 3 is 2.55 bits per heavy atom.